The predicted molar refractivity (Wildman–Crippen MR) is 94.4 cm³/mol. The van der Waals surface area contributed by atoms with Crippen molar-refractivity contribution in [1.29, 1.82) is 0 Å². The molecule has 0 spiro atoms. The molecule has 1 aliphatic heterocycles. The van der Waals surface area contributed by atoms with E-state index in [1.807, 2.05) is 11.8 Å². The average Bonchev–Trinajstić information content (AvgIpc) is 3.31. The number of benzene rings is 1. The van der Waals surface area contributed by atoms with Crippen LogP contribution in [0.5, 0.6) is 0 Å². The maximum absolute atomic E-state index is 13.1. The molecule has 1 saturated heterocycles. The van der Waals surface area contributed by atoms with E-state index in [1.54, 1.807) is 17.6 Å². The van der Waals surface area contributed by atoms with Crippen molar-refractivity contribution in [3.8, 4) is 11.4 Å². The van der Waals surface area contributed by atoms with E-state index in [4.69, 9.17) is 4.52 Å². The number of carbonyl (C=O) groups is 1. The fourth-order valence-corrected chi connectivity index (χ4v) is 3.90. The van der Waals surface area contributed by atoms with E-state index < -0.39 is 0 Å². The zero-order chi connectivity index (χ0) is 18.1. The third kappa shape index (κ3) is 3.24. The highest BCUT2D eigenvalue weighted by Gasteiger charge is 2.30. The van der Waals surface area contributed by atoms with Crippen LogP contribution in [0.25, 0.3) is 11.4 Å². The Balaban J connectivity index is 1.51. The molecule has 0 radical (unpaired) electrons. The number of hydrogen-bond acceptors (Lipinski definition) is 6. The van der Waals surface area contributed by atoms with Crippen molar-refractivity contribution in [3.63, 3.8) is 0 Å². The third-order valence-corrected chi connectivity index (χ3v) is 5.46. The van der Waals surface area contributed by atoms with Gasteiger partial charge in [0.05, 0.1) is 17.1 Å². The summed E-state index contributed by atoms with van der Waals surface area (Å²) in [6.45, 7) is 3.10. The molecule has 3 heterocycles. The van der Waals surface area contributed by atoms with Crippen LogP contribution in [0.2, 0.25) is 0 Å². The monoisotopic (exact) mass is 372 g/mol. The van der Waals surface area contributed by atoms with E-state index in [0.29, 0.717) is 35.2 Å². The van der Waals surface area contributed by atoms with E-state index in [-0.39, 0.29) is 17.6 Å². The molecular weight excluding hydrogens is 355 g/mol. The van der Waals surface area contributed by atoms with Crippen LogP contribution >= 0.6 is 11.3 Å². The van der Waals surface area contributed by atoms with Gasteiger partial charge in [-0.1, -0.05) is 5.16 Å². The molecule has 0 bridgehead atoms. The largest absolute Gasteiger partial charge is 0.339 e. The highest BCUT2D eigenvalue weighted by atomic mass is 32.1. The van der Waals surface area contributed by atoms with Crippen LogP contribution in [-0.2, 0) is 0 Å². The van der Waals surface area contributed by atoms with E-state index in [9.17, 15) is 9.18 Å². The number of carbonyl (C=O) groups excluding carboxylic acids is 1. The Morgan fingerprint density at radius 2 is 2.15 bits per heavy atom. The molecule has 1 fully saturated rings. The summed E-state index contributed by atoms with van der Waals surface area (Å²) in [5, 5.41) is 4.01. The van der Waals surface area contributed by atoms with Crippen molar-refractivity contribution < 1.29 is 13.7 Å². The molecule has 1 unspecified atom stereocenters. The minimum atomic E-state index is -0.308. The molecule has 3 aromatic rings. The van der Waals surface area contributed by atoms with Gasteiger partial charge in [0.25, 0.3) is 5.91 Å². The SMILES string of the molecule is Cc1ncsc1C(=O)N1CCCC(c2nc(-c3ccc(F)cc3)no2)C1. The van der Waals surface area contributed by atoms with Gasteiger partial charge in [-0.25, -0.2) is 9.37 Å². The van der Waals surface area contributed by atoms with Crippen molar-refractivity contribution in [2.24, 2.45) is 0 Å². The molecular formula is C18H17FN4O2S. The first-order chi connectivity index (χ1) is 12.6. The van der Waals surface area contributed by atoms with Gasteiger partial charge in [-0.05, 0) is 44.0 Å². The smallest absolute Gasteiger partial charge is 0.265 e. The lowest BCUT2D eigenvalue weighted by Crippen LogP contribution is -2.39. The number of amides is 1. The van der Waals surface area contributed by atoms with Gasteiger partial charge in [0.1, 0.15) is 10.7 Å². The fraction of sp³-hybridized carbons (Fsp3) is 0.333. The number of aromatic nitrogens is 3. The molecule has 1 atom stereocenters. The summed E-state index contributed by atoms with van der Waals surface area (Å²) in [5.41, 5.74) is 3.15. The maximum Gasteiger partial charge on any atom is 0.265 e. The molecule has 0 aliphatic carbocycles. The van der Waals surface area contributed by atoms with Crippen molar-refractivity contribution in [1.82, 2.24) is 20.0 Å². The summed E-state index contributed by atoms with van der Waals surface area (Å²) in [5.74, 6) is 0.650. The third-order valence-electron chi connectivity index (χ3n) is 4.54. The van der Waals surface area contributed by atoms with Crippen LogP contribution in [0.15, 0.2) is 34.3 Å². The number of aryl methyl sites for hydroxylation is 1. The van der Waals surface area contributed by atoms with E-state index in [2.05, 4.69) is 15.1 Å². The highest BCUT2D eigenvalue weighted by molar-refractivity contribution is 7.11. The van der Waals surface area contributed by atoms with Crippen molar-refractivity contribution in [2.45, 2.75) is 25.7 Å². The number of nitrogens with zero attached hydrogens (tertiary/aromatic N) is 4. The Morgan fingerprint density at radius 3 is 2.88 bits per heavy atom. The Bertz CT molecular complexity index is 921. The summed E-state index contributed by atoms with van der Waals surface area (Å²) < 4.78 is 18.5. The van der Waals surface area contributed by atoms with E-state index >= 15 is 0 Å². The number of piperidine rings is 1. The Labute approximate surface area is 153 Å². The van der Waals surface area contributed by atoms with Gasteiger partial charge in [-0.15, -0.1) is 11.3 Å². The average molecular weight is 372 g/mol. The topological polar surface area (TPSA) is 72.1 Å². The zero-order valence-electron chi connectivity index (χ0n) is 14.2. The minimum absolute atomic E-state index is 0.00243. The second-order valence-corrected chi connectivity index (χ2v) is 7.18. The summed E-state index contributed by atoms with van der Waals surface area (Å²) >= 11 is 1.37. The van der Waals surface area contributed by atoms with Gasteiger partial charge in [0.2, 0.25) is 11.7 Å². The summed E-state index contributed by atoms with van der Waals surface area (Å²) in [6, 6.07) is 5.97. The van der Waals surface area contributed by atoms with Gasteiger partial charge >= 0.3 is 0 Å². The Hall–Kier alpha value is -2.61. The van der Waals surface area contributed by atoms with Crippen LogP contribution < -0.4 is 0 Å². The summed E-state index contributed by atoms with van der Waals surface area (Å²) in [4.78, 5) is 23.8. The molecule has 4 rings (SSSR count). The number of hydrogen-bond donors (Lipinski definition) is 0. The molecule has 6 nitrogen and oxygen atoms in total. The lowest BCUT2D eigenvalue weighted by atomic mass is 9.97. The molecule has 0 N–H and O–H groups in total. The van der Waals surface area contributed by atoms with Gasteiger partial charge in [0, 0.05) is 18.7 Å². The highest BCUT2D eigenvalue weighted by Crippen LogP contribution is 2.29. The minimum Gasteiger partial charge on any atom is -0.339 e. The van der Waals surface area contributed by atoms with Gasteiger partial charge in [-0.3, -0.25) is 4.79 Å². The van der Waals surface area contributed by atoms with Gasteiger partial charge in [-0.2, -0.15) is 4.98 Å². The second-order valence-electron chi connectivity index (χ2n) is 6.32. The maximum atomic E-state index is 13.1. The van der Waals surface area contributed by atoms with Gasteiger partial charge < -0.3 is 9.42 Å². The molecule has 2 aromatic heterocycles. The number of thiazole rings is 1. The predicted octanol–water partition coefficient (Wildman–Crippen LogP) is 3.66. The lowest BCUT2D eigenvalue weighted by Gasteiger charge is -2.30. The quantitative estimate of drug-likeness (QED) is 0.702. The first-order valence-corrected chi connectivity index (χ1v) is 9.28. The Morgan fingerprint density at radius 1 is 1.35 bits per heavy atom. The fourth-order valence-electron chi connectivity index (χ4n) is 3.13. The molecule has 8 heteroatoms. The first-order valence-electron chi connectivity index (χ1n) is 8.40. The van der Waals surface area contributed by atoms with E-state index in [0.717, 1.165) is 18.5 Å². The van der Waals surface area contributed by atoms with Crippen LogP contribution in [0.4, 0.5) is 4.39 Å². The second kappa shape index (κ2) is 6.95. The standard InChI is InChI=1S/C18H17FN4O2S/c1-11-15(26-10-20-11)18(24)23-8-2-3-13(9-23)17-21-16(22-25-17)12-4-6-14(19)7-5-12/h4-7,10,13H,2-3,8-9H2,1H3. The lowest BCUT2D eigenvalue weighted by molar-refractivity contribution is 0.0699. The number of halogens is 1. The van der Waals surface area contributed by atoms with Gasteiger partial charge in [0.15, 0.2) is 0 Å². The molecule has 0 saturated carbocycles. The van der Waals surface area contributed by atoms with Crippen LogP contribution in [0, 0.1) is 12.7 Å². The first kappa shape index (κ1) is 16.8. The van der Waals surface area contributed by atoms with Crippen molar-refractivity contribution in [2.75, 3.05) is 13.1 Å². The Kier molecular flexibility index (Phi) is 4.50. The normalized spacial score (nSPS) is 17.5. The molecule has 26 heavy (non-hydrogen) atoms. The zero-order valence-corrected chi connectivity index (χ0v) is 15.0. The van der Waals surface area contributed by atoms with Crippen LogP contribution in [-0.4, -0.2) is 39.0 Å². The van der Waals surface area contributed by atoms with Crippen LogP contribution in [0.1, 0.15) is 40.0 Å². The number of likely N-dealkylation sites (tertiary alicyclic amines) is 1. The summed E-state index contributed by atoms with van der Waals surface area (Å²) in [6.07, 6.45) is 1.76. The molecule has 134 valence electrons. The van der Waals surface area contributed by atoms with E-state index in [1.165, 1.54) is 23.5 Å². The van der Waals surface area contributed by atoms with Crippen molar-refractivity contribution in [3.05, 3.63) is 52.1 Å². The van der Waals surface area contributed by atoms with Crippen LogP contribution in [0.3, 0.4) is 0 Å². The van der Waals surface area contributed by atoms with Crippen molar-refractivity contribution >= 4 is 17.2 Å². The molecule has 1 amide bonds. The summed E-state index contributed by atoms with van der Waals surface area (Å²) in [7, 11) is 0. The molecule has 1 aromatic carbocycles. The molecule has 1 aliphatic rings. The number of rotatable bonds is 3.